The summed E-state index contributed by atoms with van der Waals surface area (Å²) in [5.41, 5.74) is 1.10. The Hall–Kier alpha value is -1.75. The molecule has 0 aliphatic heterocycles. The van der Waals surface area contributed by atoms with Gasteiger partial charge in [0.1, 0.15) is 0 Å². The van der Waals surface area contributed by atoms with E-state index in [0.29, 0.717) is 18.0 Å². The van der Waals surface area contributed by atoms with Gasteiger partial charge in [-0.1, -0.05) is 19.4 Å². The molecule has 1 amide bonds. The molecule has 1 aromatic carbocycles. The molecule has 0 aliphatic carbocycles. The molecule has 112 valence electrons. The molecule has 0 fully saturated rings. The van der Waals surface area contributed by atoms with Crippen LogP contribution in [0.2, 0.25) is 0 Å². The lowest BCUT2D eigenvalue weighted by atomic mass is 10.2. The van der Waals surface area contributed by atoms with Crippen molar-refractivity contribution >= 4 is 5.91 Å². The molecule has 0 aromatic heterocycles. The van der Waals surface area contributed by atoms with Gasteiger partial charge in [0.25, 0.3) is 5.91 Å². The zero-order valence-electron chi connectivity index (χ0n) is 12.5. The van der Waals surface area contributed by atoms with Gasteiger partial charge in [-0.15, -0.1) is 0 Å². The highest BCUT2D eigenvalue weighted by atomic mass is 16.5. The topological polar surface area (TPSA) is 59.6 Å². The van der Waals surface area contributed by atoms with E-state index < -0.39 is 0 Å². The van der Waals surface area contributed by atoms with E-state index in [0.717, 1.165) is 24.9 Å². The lowest BCUT2D eigenvalue weighted by Crippen LogP contribution is -2.29. The minimum atomic E-state index is -0.111. The van der Waals surface area contributed by atoms with Crippen LogP contribution in [0.25, 0.3) is 0 Å². The summed E-state index contributed by atoms with van der Waals surface area (Å²) in [7, 11) is 3.48. The molecule has 0 bridgehead atoms. The normalized spacial score (nSPS) is 10.2. The molecule has 0 saturated heterocycles. The van der Waals surface area contributed by atoms with E-state index >= 15 is 0 Å². The van der Waals surface area contributed by atoms with E-state index in [1.54, 1.807) is 7.11 Å². The maximum atomic E-state index is 11.6. The zero-order chi connectivity index (χ0) is 14.8. The number of nitrogens with one attached hydrogen (secondary N) is 2. The molecule has 20 heavy (non-hydrogen) atoms. The fourth-order valence-electron chi connectivity index (χ4n) is 1.74. The van der Waals surface area contributed by atoms with Crippen LogP contribution in [0.4, 0.5) is 0 Å². The van der Waals surface area contributed by atoms with Gasteiger partial charge in [-0.25, -0.2) is 0 Å². The lowest BCUT2D eigenvalue weighted by Gasteiger charge is -2.12. The number of ether oxygens (including phenoxy) is 2. The number of amides is 1. The van der Waals surface area contributed by atoms with Crippen LogP contribution in [0.1, 0.15) is 25.3 Å². The SMILES string of the molecule is CCCCNC(=O)COc1ccc(CNC)cc1OC. The number of hydrogen-bond acceptors (Lipinski definition) is 4. The van der Waals surface area contributed by atoms with E-state index in [9.17, 15) is 4.79 Å². The third-order valence-corrected chi connectivity index (χ3v) is 2.82. The summed E-state index contributed by atoms with van der Waals surface area (Å²) < 4.78 is 10.8. The fraction of sp³-hybridized carbons (Fsp3) is 0.533. The van der Waals surface area contributed by atoms with Crippen LogP contribution >= 0.6 is 0 Å². The quantitative estimate of drug-likeness (QED) is 0.676. The smallest absolute Gasteiger partial charge is 0.257 e. The Morgan fingerprint density at radius 2 is 2.10 bits per heavy atom. The molecule has 5 heteroatoms. The largest absolute Gasteiger partial charge is 0.493 e. The summed E-state index contributed by atoms with van der Waals surface area (Å²) in [4.78, 5) is 11.6. The number of carbonyl (C=O) groups excluding carboxylic acids is 1. The number of benzene rings is 1. The van der Waals surface area contributed by atoms with E-state index in [2.05, 4.69) is 17.6 Å². The highest BCUT2D eigenvalue weighted by molar-refractivity contribution is 5.77. The third-order valence-electron chi connectivity index (χ3n) is 2.82. The zero-order valence-corrected chi connectivity index (χ0v) is 12.5. The molecule has 0 atom stereocenters. The Morgan fingerprint density at radius 3 is 2.75 bits per heavy atom. The highest BCUT2D eigenvalue weighted by Crippen LogP contribution is 2.27. The average Bonchev–Trinajstić information content (AvgIpc) is 2.46. The molecule has 2 N–H and O–H groups in total. The molecular weight excluding hydrogens is 256 g/mol. The average molecular weight is 280 g/mol. The van der Waals surface area contributed by atoms with Crippen LogP contribution in [-0.2, 0) is 11.3 Å². The molecule has 0 unspecified atom stereocenters. The van der Waals surface area contributed by atoms with Gasteiger partial charge in [0.2, 0.25) is 0 Å². The number of hydrogen-bond donors (Lipinski definition) is 2. The molecule has 0 radical (unpaired) electrons. The molecule has 0 aliphatic rings. The first-order chi connectivity index (χ1) is 9.71. The van der Waals surface area contributed by atoms with Gasteiger partial charge in [-0.2, -0.15) is 0 Å². The summed E-state index contributed by atoms with van der Waals surface area (Å²) in [5, 5.41) is 5.88. The molecule has 1 aromatic rings. The fourth-order valence-corrected chi connectivity index (χ4v) is 1.74. The summed E-state index contributed by atoms with van der Waals surface area (Å²) in [5.74, 6) is 1.11. The van der Waals surface area contributed by atoms with Crippen molar-refractivity contribution in [3.05, 3.63) is 23.8 Å². The number of unbranched alkanes of at least 4 members (excludes halogenated alkanes) is 1. The van der Waals surface area contributed by atoms with Crippen LogP contribution in [0.5, 0.6) is 11.5 Å². The molecule has 5 nitrogen and oxygen atoms in total. The van der Waals surface area contributed by atoms with E-state index in [1.807, 2.05) is 25.2 Å². The number of rotatable bonds is 9. The highest BCUT2D eigenvalue weighted by Gasteiger charge is 2.08. The minimum absolute atomic E-state index is 0.00541. The summed E-state index contributed by atoms with van der Waals surface area (Å²) in [6, 6.07) is 5.68. The van der Waals surface area contributed by atoms with E-state index in [1.165, 1.54) is 0 Å². The second kappa shape index (κ2) is 9.20. The van der Waals surface area contributed by atoms with Gasteiger partial charge in [-0.3, -0.25) is 4.79 Å². The maximum absolute atomic E-state index is 11.6. The van der Waals surface area contributed by atoms with Crippen LogP contribution in [0.3, 0.4) is 0 Å². The van der Waals surface area contributed by atoms with Gasteiger partial charge in [-0.05, 0) is 31.2 Å². The lowest BCUT2D eigenvalue weighted by molar-refractivity contribution is -0.123. The van der Waals surface area contributed by atoms with Crippen LogP contribution in [-0.4, -0.2) is 33.2 Å². The van der Waals surface area contributed by atoms with Crippen LogP contribution in [0.15, 0.2) is 18.2 Å². The van der Waals surface area contributed by atoms with Crippen molar-refractivity contribution < 1.29 is 14.3 Å². The standard InChI is InChI=1S/C15H24N2O3/c1-4-5-8-17-15(18)11-20-13-7-6-12(10-16-2)9-14(13)19-3/h6-7,9,16H,4-5,8,10-11H2,1-3H3,(H,17,18). The van der Waals surface area contributed by atoms with Crippen molar-refractivity contribution in [1.29, 1.82) is 0 Å². The van der Waals surface area contributed by atoms with Crippen molar-refractivity contribution in [2.24, 2.45) is 0 Å². The first-order valence-corrected chi connectivity index (χ1v) is 6.92. The summed E-state index contributed by atoms with van der Waals surface area (Å²) >= 11 is 0. The third kappa shape index (κ3) is 5.48. The maximum Gasteiger partial charge on any atom is 0.257 e. The first-order valence-electron chi connectivity index (χ1n) is 6.92. The predicted molar refractivity (Wildman–Crippen MR) is 79.2 cm³/mol. The number of methoxy groups -OCH3 is 1. The van der Waals surface area contributed by atoms with Crippen molar-refractivity contribution in [3.63, 3.8) is 0 Å². The Morgan fingerprint density at radius 1 is 1.30 bits per heavy atom. The predicted octanol–water partition coefficient (Wildman–Crippen LogP) is 1.71. The van der Waals surface area contributed by atoms with Crippen molar-refractivity contribution in [1.82, 2.24) is 10.6 Å². The van der Waals surface area contributed by atoms with Crippen LogP contribution < -0.4 is 20.1 Å². The molecule has 0 heterocycles. The Bertz CT molecular complexity index is 422. The summed E-state index contributed by atoms with van der Waals surface area (Å²) in [6.07, 6.45) is 2.04. The molecule has 0 spiro atoms. The number of carbonyl (C=O) groups is 1. The van der Waals surface area contributed by atoms with Gasteiger partial charge < -0.3 is 20.1 Å². The van der Waals surface area contributed by atoms with E-state index in [-0.39, 0.29) is 12.5 Å². The Labute approximate surface area is 120 Å². The van der Waals surface area contributed by atoms with Gasteiger partial charge >= 0.3 is 0 Å². The van der Waals surface area contributed by atoms with Gasteiger partial charge in [0.15, 0.2) is 18.1 Å². The second-order valence-corrected chi connectivity index (χ2v) is 4.51. The van der Waals surface area contributed by atoms with Crippen molar-refractivity contribution in [3.8, 4) is 11.5 Å². The monoisotopic (exact) mass is 280 g/mol. The minimum Gasteiger partial charge on any atom is -0.493 e. The van der Waals surface area contributed by atoms with Gasteiger partial charge in [0.05, 0.1) is 7.11 Å². The van der Waals surface area contributed by atoms with E-state index in [4.69, 9.17) is 9.47 Å². The first kappa shape index (κ1) is 16.3. The second-order valence-electron chi connectivity index (χ2n) is 4.51. The van der Waals surface area contributed by atoms with Crippen molar-refractivity contribution in [2.45, 2.75) is 26.3 Å². The van der Waals surface area contributed by atoms with Gasteiger partial charge in [0, 0.05) is 13.1 Å². The summed E-state index contributed by atoms with van der Waals surface area (Å²) in [6.45, 7) is 3.54. The molecule has 0 saturated carbocycles. The van der Waals surface area contributed by atoms with Crippen molar-refractivity contribution in [2.75, 3.05) is 27.3 Å². The molecular formula is C15H24N2O3. The molecule has 1 rings (SSSR count). The Kier molecular flexibility index (Phi) is 7.50. The Balaban J connectivity index is 2.52. The van der Waals surface area contributed by atoms with Crippen LogP contribution in [0, 0.1) is 0 Å².